The largest absolute Gasteiger partial charge is 0.497 e. The van der Waals surface area contributed by atoms with Crippen molar-refractivity contribution < 1.29 is 4.74 Å². The number of aryl methyl sites for hydroxylation is 1. The minimum absolute atomic E-state index is 0.543. The van der Waals surface area contributed by atoms with E-state index in [9.17, 15) is 0 Å². The predicted molar refractivity (Wildman–Crippen MR) is 82.0 cm³/mol. The molecular formula is C16H23N3O. The molecule has 1 heterocycles. The number of aromatic nitrogens is 2. The molecule has 0 amide bonds. The number of nitrogens with one attached hydrogen (secondary N) is 2. The van der Waals surface area contributed by atoms with Gasteiger partial charge in [0, 0.05) is 12.5 Å². The first-order valence-electron chi connectivity index (χ1n) is 7.10. The number of methoxy groups -OCH3 is 1. The highest BCUT2D eigenvalue weighted by atomic mass is 16.5. The molecule has 108 valence electrons. The normalized spacial score (nSPS) is 11.0. The summed E-state index contributed by atoms with van der Waals surface area (Å²) in [6, 6.07) is 8.54. The SMILES string of the molecule is COc1ccc(-c2cnc(CCCNC(C)C)[nH]2)cc1. The molecule has 1 aromatic heterocycles. The van der Waals surface area contributed by atoms with Gasteiger partial charge >= 0.3 is 0 Å². The van der Waals surface area contributed by atoms with Crippen molar-refractivity contribution in [2.24, 2.45) is 0 Å². The maximum absolute atomic E-state index is 5.16. The van der Waals surface area contributed by atoms with Gasteiger partial charge in [-0.1, -0.05) is 13.8 Å². The molecule has 2 aromatic rings. The molecule has 0 aliphatic carbocycles. The highest BCUT2D eigenvalue weighted by Gasteiger charge is 2.03. The molecule has 0 fully saturated rings. The zero-order valence-corrected chi connectivity index (χ0v) is 12.4. The highest BCUT2D eigenvalue weighted by Crippen LogP contribution is 2.20. The minimum atomic E-state index is 0.543. The lowest BCUT2D eigenvalue weighted by Gasteiger charge is -2.06. The number of rotatable bonds is 7. The number of nitrogens with zero attached hydrogens (tertiary/aromatic N) is 1. The lowest BCUT2D eigenvalue weighted by Crippen LogP contribution is -2.24. The van der Waals surface area contributed by atoms with Crippen molar-refractivity contribution in [3.8, 4) is 17.0 Å². The Labute approximate surface area is 120 Å². The monoisotopic (exact) mass is 273 g/mol. The van der Waals surface area contributed by atoms with Crippen LogP contribution >= 0.6 is 0 Å². The standard InChI is InChI=1S/C16H23N3O/c1-12(2)17-10-4-5-16-18-11-15(19-16)13-6-8-14(20-3)9-7-13/h6-9,11-12,17H,4-5,10H2,1-3H3,(H,18,19). The molecule has 1 aromatic carbocycles. The third-order valence-electron chi connectivity index (χ3n) is 3.17. The quantitative estimate of drug-likeness (QED) is 0.762. The Morgan fingerprint density at radius 1 is 1.25 bits per heavy atom. The molecule has 0 saturated heterocycles. The van der Waals surface area contributed by atoms with E-state index in [-0.39, 0.29) is 0 Å². The molecule has 0 radical (unpaired) electrons. The molecule has 0 unspecified atom stereocenters. The van der Waals surface area contributed by atoms with Crippen LogP contribution in [0.5, 0.6) is 5.75 Å². The Hall–Kier alpha value is -1.81. The lowest BCUT2D eigenvalue weighted by molar-refractivity contribution is 0.415. The van der Waals surface area contributed by atoms with Crippen LogP contribution in [0.3, 0.4) is 0 Å². The summed E-state index contributed by atoms with van der Waals surface area (Å²) in [4.78, 5) is 7.81. The second-order valence-corrected chi connectivity index (χ2v) is 5.18. The van der Waals surface area contributed by atoms with Gasteiger partial charge in [0.15, 0.2) is 0 Å². The van der Waals surface area contributed by atoms with Crippen LogP contribution in [0.1, 0.15) is 26.1 Å². The van der Waals surface area contributed by atoms with Crippen LogP contribution in [0, 0.1) is 0 Å². The molecule has 2 N–H and O–H groups in total. The Balaban J connectivity index is 1.90. The molecule has 0 bridgehead atoms. The van der Waals surface area contributed by atoms with E-state index in [0.29, 0.717) is 6.04 Å². The fourth-order valence-electron chi connectivity index (χ4n) is 2.05. The van der Waals surface area contributed by atoms with Gasteiger partial charge in [0.1, 0.15) is 11.6 Å². The van der Waals surface area contributed by atoms with Crippen LogP contribution in [-0.4, -0.2) is 29.7 Å². The van der Waals surface area contributed by atoms with Gasteiger partial charge in [-0.2, -0.15) is 0 Å². The van der Waals surface area contributed by atoms with E-state index in [1.165, 1.54) is 0 Å². The van der Waals surface area contributed by atoms with Crippen LogP contribution in [0.4, 0.5) is 0 Å². The van der Waals surface area contributed by atoms with Gasteiger partial charge in [0.2, 0.25) is 0 Å². The number of aromatic amines is 1. The van der Waals surface area contributed by atoms with Crippen LogP contribution in [0.25, 0.3) is 11.3 Å². The Bertz CT molecular complexity index is 517. The van der Waals surface area contributed by atoms with E-state index in [1.54, 1.807) is 7.11 Å². The van der Waals surface area contributed by atoms with E-state index < -0.39 is 0 Å². The van der Waals surface area contributed by atoms with E-state index in [4.69, 9.17) is 4.74 Å². The smallest absolute Gasteiger partial charge is 0.118 e. The fourth-order valence-corrected chi connectivity index (χ4v) is 2.05. The summed E-state index contributed by atoms with van der Waals surface area (Å²) in [5.74, 6) is 1.91. The summed E-state index contributed by atoms with van der Waals surface area (Å²) < 4.78 is 5.16. The number of ether oxygens (including phenoxy) is 1. The number of hydrogen-bond donors (Lipinski definition) is 2. The third kappa shape index (κ3) is 4.10. The molecule has 2 rings (SSSR count). The first-order valence-corrected chi connectivity index (χ1v) is 7.10. The summed E-state index contributed by atoms with van der Waals surface area (Å²) in [5, 5.41) is 3.41. The van der Waals surface area contributed by atoms with Gasteiger partial charge in [-0.25, -0.2) is 4.98 Å². The van der Waals surface area contributed by atoms with Crippen LogP contribution in [0.15, 0.2) is 30.5 Å². The number of H-pyrrole nitrogens is 1. The summed E-state index contributed by atoms with van der Waals surface area (Å²) in [7, 11) is 1.68. The molecule has 0 atom stereocenters. The molecular weight excluding hydrogens is 250 g/mol. The summed E-state index contributed by atoms with van der Waals surface area (Å²) in [5.41, 5.74) is 2.18. The number of hydrogen-bond acceptors (Lipinski definition) is 3. The first-order chi connectivity index (χ1) is 9.69. The Morgan fingerprint density at radius 3 is 2.65 bits per heavy atom. The van der Waals surface area contributed by atoms with Crippen molar-refractivity contribution in [1.29, 1.82) is 0 Å². The van der Waals surface area contributed by atoms with Crippen molar-refractivity contribution in [3.05, 3.63) is 36.3 Å². The van der Waals surface area contributed by atoms with Crippen LogP contribution in [-0.2, 0) is 6.42 Å². The van der Waals surface area contributed by atoms with Gasteiger partial charge < -0.3 is 15.0 Å². The number of benzene rings is 1. The van der Waals surface area contributed by atoms with Crippen molar-refractivity contribution in [1.82, 2.24) is 15.3 Å². The molecule has 0 spiro atoms. The zero-order valence-electron chi connectivity index (χ0n) is 12.4. The predicted octanol–water partition coefficient (Wildman–Crippen LogP) is 3.02. The Kier molecular flexibility index (Phi) is 5.18. The molecule has 20 heavy (non-hydrogen) atoms. The van der Waals surface area contributed by atoms with E-state index in [2.05, 4.69) is 29.1 Å². The fraction of sp³-hybridized carbons (Fsp3) is 0.438. The molecule has 4 heteroatoms. The van der Waals surface area contributed by atoms with Gasteiger partial charge in [0.25, 0.3) is 0 Å². The third-order valence-corrected chi connectivity index (χ3v) is 3.17. The van der Waals surface area contributed by atoms with Crippen molar-refractivity contribution in [3.63, 3.8) is 0 Å². The maximum Gasteiger partial charge on any atom is 0.118 e. The van der Waals surface area contributed by atoms with Gasteiger partial charge in [-0.05, 0) is 42.8 Å². The summed E-state index contributed by atoms with van der Waals surface area (Å²) in [6.45, 7) is 5.35. The Morgan fingerprint density at radius 2 is 2.00 bits per heavy atom. The molecule has 0 aliphatic rings. The average Bonchev–Trinajstić information content (AvgIpc) is 2.92. The van der Waals surface area contributed by atoms with Crippen molar-refractivity contribution in [2.45, 2.75) is 32.7 Å². The second kappa shape index (κ2) is 7.10. The van der Waals surface area contributed by atoms with E-state index in [0.717, 1.165) is 42.2 Å². The maximum atomic E-state index is 5.16. The van der Waals surface area contributed by atoms with Crippen LogP contribution in [0.2, 0.25) is 0 Å². The lowest BCUT2D eigenvalue weighted by atomic mass is 10.2. The molecule has 0 saturated carbocycles. The first kappa shape index (κ1) is 14.6. The molecule has 4 nitrogen and oxygen atoms in total. The summed E-state index contributed by atoms with van der Waals surface area (Å²) in [6.07, 6.45) is 3.95. The van der Waals surface area contributed by atoms with E-state index >= 15 is 0 Å². The topological polar surface area (TPSA) is 49.9 Å². The average molecular weight is 273 g/mol. The zero-order chi connectivity index (χ0) is 14.4. The summed E-state index contributed by atoms with van der Waals surface area (Å²) >= 11 is 0. The second-order valence-electron chi connectivity index (χ2n) is 5.18. The minimum Gasteiger partial charge on any atom is -0.497 e. The van der Waals surface area contributed by atoms with Gasteiger partial charge in [0.05, 0.1) is 19.0 Å². The number of imidazole rings is 1. The highest BCUT2D eigenvalue weighted by molar-refractivity contribution is 5.59. The van der Waals surface area contributed by atoms with Gasteiger partial charge in [-0.15, -0.1) is 0 Å². The van der Waals surface area contributed by atoms with Crippen LogP contribution < -0.4 is 10.1 Å². The van der Waals surface area contributed by atoms with Gasteiger partial charge in [-0.3, -0.25) is 0 Å². The van der Waals surface area contributed by atoms with Crippen molar-refractivity contribution >= 4 is 0 Å². The van der Waals surface area contributed by atoms with E-state index in [1.807, 2.05) is 30.5 Å². The molecule has 0 aliphatic heterocycles. The van der Waals surface area contributed by atoms with Crippen molar-refractivity contribution in [2.75, 3.05) is 13.7 Å².